The number of nitrogens with zero attached hydrogens (tertiary/aromatic N) is 1. The summed E-state index contributed by atoms with van der Waals surface area (Å²) in [6, 6.07) is 7.65. The minimum Gasteiger partial charge on any atom is -0.399 e. The molecule has 0 radical (unpaired) electrons. The quantitative estimate of drug-likeness (QED) is 0.814. The SMILES string of the molecule is CN(C1CCOCC1)C1CCc2cc(N)ccc21. The minimum atomic E-state index is 0.573. The van der Waals surface area contributed by atoms with Crippen LogP contribution < -0.4 is 5.73 Å². The van der Waals surface area contributed by atoms with Gasteiger partial charge < -0.3 is 10.5 Å². The predicted molar refractivity (Wildman–Crippen MR) is 73.5 cm³/mol. The molecule has 0 aromatic heterocycles. The molecule has 1 atom stereocenters. The molecular formula is C15H22N2O. The smallest absolute Gasteiger partial charge is 0.0480 e. The zero-order chi connectivity index (χ0) is 12.5. The molecule has 0 amide bonds. The van der Waals surface area contributed by atoms with E-state index < -0.39 is 0 Å². The fraction of sp³-hybridized carbons (Fsp3) is 0.600. The van der Waals surface area contributed by atoms with Gasteiger partial charge in [-0.15, -0.1) is 0 Å². The molecule has 3 rings (SSSR count). The van der Waals surface area contributed by atoms with E-state index in [9.17, 15) is 0 Å². The van der Waals surface area contributed by atoms with Crippen LogP contribution in [0, 0.1) is 0 Å². The number of rotatable bonds is 2. The maximum atomic E-state index is 5.87. The second-order valence-corrected chi connectivity index (χ2v) is 5.52. The van der Waals surface area contributed by atoms with Gasteiger partial charge in [0, 0.05) is 31.0 Å². The van der Waals surface area contributed by atoms with E-state index in [0.717, 1.165) is 31.7 Å². The van der Waals surface area contributed by atoms with Crippen molar-refractivity contribution in [1.82, 2.24) is 4.90 Å². The number of hydrogen-bond donors (Lipinski definition) is 1. The first-order valence-electron chi connectivity index (χ1n) is 6.93. The van der Waals surface area contributed by atoms with Crippen molar-refractivity contribution in [2.24, 2.45) is 0 Å². The van der Waals surface area contributed by atoms with Crippen molar-refractivity contribution >= 4 is 5.69 Å². The van der Waals surface area contributed by atoms with Crippen molar-refractivity contribution in [2.45, 2.75) is 37.8 Å². The van der Waals surface area contributed by atoms with Crippen LogP contribution in [0.2, 0.25) is 0 Å². The molecule has 1 heterocycles. The summed E-state index contributed by atoms with van der Waals surface area (Å²) in [7, 11) is 2.27. The third-order valence-electron chi connectivity index (χ3n) is 4.47. The van der Waals surface area contributed by atoms with Gasteiger partial charge in [-0.2, -0.15) is 0 Å². The van der Waals surface area contributed by atoms with Crippen LogP contribution >= 0.6 is 0 Å². The molecule has 1 fully saturated rings. The summed E-state index contributed by atoms with van der Waals surface area (Å²) in [6.45, 7) is 1.83. The number of nitrogens with two attached hydrogens (primary N) is 1. The third-order valence-corrected chi connectivity index (χ3v) is 4.47. The summed E-state index contributed by atoms with van der Waals surface area (Å²) >= 11 is 0. The van der Waals surface area contributed by atoms with Gasteiger partial charge in [-0.05, 0) is 56.0 Å². The van der Waals surface area contributed by atoms with E-state index in [4.69, 9.17) is 10.5 Å². The van der Waals surface area contributed by atoms with Gasteiger partial charge in [-0.1, -0.05) is 6.07 Å². The molecule has 18 heavy (non-hydrogen) atoms. The van der Waals surface area contributed by atoms with Crippen LogP contribution in [0.25, 0.3) is 0 Å². The highest BCUT2D eigenvalue weighted by Crippen LogP contribution is 2.37. The Balaban J connectivity index is 1.78. The van der Waals surface area contributed by atoms with Crippen LogP contribution in [0.15, 0.2) is 18.2 Å². The number of anilines is 1. The van der Waals surface area contributed by atoms with Crippen LogP contribution in [0.5, 0.6) is 0 Å². The predicted octanol–water partition coefficient (Wildman–Crippen LogP) is 2.37. The van der Waals surface area contributed by atoms with Crippen molar-refractivity contribution in [2.75, 3.05) is 26.0 Å². The van der Waals surface area contributed by atoms with E-state index in [-0.39, 0.29) is 0 Å². The molecule has 1 aliphatic carbocycles. The third kappa shape index (κ3) is 2.13. The number of ether oxygens (including phenoxy) is 1. The van der Waals surface area contributed by atoms with Crippen molar-refractivity contribution in [3.63, 3.8) is 0 Å². The van der Waals surface area contributed by atoms with Crippen LogP contribution in [-0.4, -0.2) is 31.2 Å². The molecule has 2 N–H and O–H groups in total. The Hall–Kier alpha value is -1.06. The minimum absolute atomic E-state index is 0.573. The Bertz CT molecular complexity index is 427. The molecule has 3 heteroatoms. The molecule has 3 nitrogen and oxygen atoms in total. The van der Waals surface area contributed by atoms with Gasteiger partial charge in [0.25, 0.3) is 0 Å². The molecule has 2 aliphatic rings. The van der Waals surface area contributed by atoms with Gasteiger partial charge >= 0.3 is 0 Å². The second kappa shape index (κ2) is 4.90. The van der Waals surface area contributed by atoms with E-state index in [1.807, 2.05) is 6.07 Å². The van der Waals surface area contributed by atoms with Gasteiger partial charge in [-0.25, -0.2) is 0 Å². The highest BCUT2D eigenvalue weighted by atomic mass is 16.5. The number of benzene rings is 1. The number of nitrogen functional groups attached to an aromatic ring is 1. The fourth-order valence-electron chi connectivity index (χ4n) is 3.38. The zero-order valence-electron chi connectivity index (χ0n) is 11.1. The summed E-state index contributed by atoms with van der Waals surface area (Å²) in [5.74, 6) is 0. The molecular weight excluding hydrogens is 224 g/mol. The average Bonchev–Trinajstić information content (AvgIpc) is 2.81. The van der Waals surface area contributed by atoms with E-state index in [1.165, 1.54) is 24.0 Å². The first kappa shape index (κ1) is 12.0. The highest BCUT2D eigenvalue weighted by molar-refractivity contribution is 5.47. The molecule has 0 bridgehead atoms. The standard InChI is InChI=1S/C15H22N2O/c1-17(13-6-8-18-9-7-13)15-5-2-11-10-12(16)3-4-14(11)15/h3-4,10,13,15H,2,5-9,16H2,1H3. The highest BCUT2D eigenvalue weighted by Gasteiger charge is 2.30. The maximum Gasteiger partial charge on any atom is 0.0480 e. The molecule has 0 spiro atoms. The largest absolute Gasteiger partial charge is 0.399 e. The van der Waals surface area contributed by atoms with E-state index in [1.54, 1.807) is 0 Å². The van der Waals surface area contributed by atoms with E-state index in [2.05, 4.69) is 24.1 Å². The molecule has 1 aromatic rings. The zero-order valence-corrected chi connectivity index (χ0v) is 11.1. The number of hydrogen-bond acceptors (Lipinski definition) is 3. The van der Waals surface area contributed by atoms with Crippen LogP contribution in [-0.2, 0) is 11.2 Å². The summed E-state index contributed by atoms with van der Waals surface area (Å²) in [6.07, 6.45) is 4.72. The van der Waals surface area contributed by atoms with Crippen molar-refractivity contribution < 1.29 is 4.74 Å². The molecule has 0 saturated carbocycles. The first-order valence-corrected chi connectivity index (χ1v) is 6.93. The van der Waals surface area contributed by atoms with Crippen molar-refractivity contribution in [3.8, 4) is 0 Å². The summed E-state index contributed by atoms with van der Waals surface area (Å²) in [4.78, 5) is 2.56. The molecule has 1 saturated heterocycles. The van der Waals surface area contributed by atoms with Gasteiger partial charge in [0.05, 0.1) is 0 Å². The Morgan fingerprint density at radius 3 is 2.78 bits per heavy atom. The normalized spacial score (nSPS) is 24.4. The topological polar surface area (TPSA) is 38.5 Å². The van der Waals surface area contributed by atoms with Crippen molar-refractivity contribution in [1.29, 1.82) is 0 Å². The van der Waals surface area contributed by atoms with Crippen LogP contribution in [0.1, 0.15) is 36.4 Å². The first-order chi connectivity index (χ1) is 8.75. The van der Waals surface area contributed by atoms with Gasteiger partial charge in [-0.3, -0.25) is 4.90 Å². The number of fused-ring (bicyclic) bond motifs is 1. The lowest BCUT2D eigenvalue weighted by Gasteiger charge is -2.35. The lowest BCUT2D eigenvalue weighted by Crippen LogP contribution is -2.38. The monoisotopic (exact) mass is 246 g/mol. The number of aryl methyl sites for hydroxylation is 1. The van der Waals surface area contributed by atoms with Crippen LogP contribution in [0.3, 0.4) is 0 Å². The Labute approximate surface area is 109 Å². The second-order valence-electron chi connectivity index (χ2n) is 5.52. The van der Waals surface area contributed by atoms with E-state index >= 15 is 0 Å². The van der Waals surface area contributed by atoms with Crippen LogP contribution in [0.4, 0.5) is 5.69 Å². The molecule has 1 unspecified atom stereocenters. The Kier molecular flexibility index (Phi) is 3.27. The van der Waals surface area contributed by atoms with Gasteiger partial charge in [0.15, 0.2) is 0 Å². The Morgan fingerprint density at radius 1 is 1.22 bits per heavy atom. The average molecular weight is 246 g/mol. The summed E-state index contributed by atoms with van der Waals surface area (Å²) < 4.78 is 5.45. The van der Waals surface area contributed by atoms with Gasteiger partial charge in [0.2, 0.25) is 0 Å². The molecule has 98 valence electrons. The maximum absolute atomic E-state index is 5.87. The Morgan fingerprint density at radius 2 is 2.00 bits per heavy atom. The molecule has 1 aliphatic heterocycles. The lowest BCUT2D eigenvalue weighted by atomic mass is 10.0. The fourth-order valence-corrected chi connectivity index (χ4v) is 3.38. The van der Waals surface area contributed by atoms with Crippen molar-refractivity contribution in [3.05, 3.63) is 29.3 Å². The molecule has 1 aromatic carbocycles. The summed E-state index contributed by atoms with van der Waals surface area (Å²) in [5, 5.41) is 0. The summed E-state index contributed by atoms with van der Waals surface area (Å²) in [5.41, 5.74) is 9.68. The van der Waals surface area contributed by atoms with E-state index in [0.29, 0.717) is 12.1 Å². The lowest BCUT2D eigenvalue weighted by molar-refractivity contribution is 0.0283. The van der Waals surface area contributed by atoms with Gasteiger partial charge in [0.1, 0.15) is 0 Å².